The molecule has 4 rings (SSSR count). The van der Waals surface area contributed by atoms with Crippen LogP contribution in [0, 0.1) is 0 Å². The molecule has 0 bridgehead atoms. The maximum Gasteiger partial charge on any atom is 0.217 e. The molecule has 1 aliphatic heterocycles. The van der Waals surface area contributed by atoms with Gasteiger partial charge in [-0.1, -0.05) is 24.3 Å². The summed E-state index contributed by atoms with van der Waals surface area (Å²) in [6.07, 6.45) is 8.08. The van der Waals surface area contributed by atoms with E-state index < -0.39 is 0 Å². The summed E-state index contributed by atoms with van der Waals surface area (Å²) in [6.45, 7) is 5.67. The molecule has 0 radical (unpaired) electrons. The first-order valence-electron chi connectivity index (χ1n) is 10.8. The predicted octanol–water partition coefficient (Wildman–Crippen LogP) is 4.59. The van der Waals surface area contributed by atoms with Crippen LogP contribution in [-0.2, 0) is 4.79 Å². The van der Waals surface area contributed by atoms with Crippen molar-refractivity contribution in [2.24, 2.45) is 0 Å². The number of amides is 1. The van der Waals surface area contributed by atoms with Crippen molar-refractivity contribution >= 4 is 11.6 Å². The zero-order valence-corrected chi connectivity index (χ0v) is 17.4. The van der Waals surface area contributed by atoms with Crippen LogP contribution in [0.25, 0.3) is 0 Å². The van der Waals surface area contributed by atoms with E-state index in [9.17, 15) is 4.79 Å². The number of carbonyl (C=O) groups is 1. The highest BCUT2D eigenvalue weighted by atomic mass is 16.5. The molecule has 2 heterocycles. The van der Waals surface area contributed by atoms with Crippen LogP contribution in [0.2, 0.25) is 0 Å². The number of piperidine rings is 1. The summed E-state index contributed by atoms with van der Waals surface area (Å²) in [4.78, 5) is 18.1. The molecule has 2 fully saturated rings. The average Bonchev–Trinajstić information content (AvgIpc) is 2.71. The number of pyridine rings is 1. The number of anilines is 1. The van der Waals surface area contributed by atoms with Gasteiger partial charge in [-0.25, -0.2) is 4.98 Å². The molecule has 29 heavy (non-hydrogen) atoms. The van der Waals surface area contributed by atoms with Gasteiger partial charge in [-0.05, 0) is 62.1 Å². The number of aromatic nitrogens is 1. The fourth-order valence-electron chi connectivity index (χ4n) is 4.24. The van der Waals surface area contributed by atoms with E-state index in [2.05, 4.69) is 51.6 Å². The molecule has 5 heteroatoms. The Morgan fingerprint density at radius 2 is 1.86 bits per heavy atom. The summed E-state index contributed by atoms with van der Waals surface area (Å²) in [5.74, 6) is 1.36. The Bertz CT molecular complexity index is 824. The van der Waals surface area contributed by atoms with Crippen molar-refractivity contribution in [2.75, 3.05) is 18.0 Å². The van der Waals surface area contributed by atoms with E-state index in [0.29, 0.717) is 12.0 Å². The number of nitrogens with zero attached hydrogens (tertiary/aromatic N) is 2. The van der Waals surface area contributed by atoms with Crippen LogP contribution >= 0.6 is 0 Å². The molecule has 1 aromatic carbocycles. The first-order valence-corrected chi connectivity index (χ1v) is 10.8. The monoisotopic (exact) mass is 393 g/mol. The van der Waals surface area contributed by atoms with Gasteiger partial charge in [-0.2, -0.15) is 0 Å². The lowest BCUT2D eigenvalue weighted by molar-refractivity contribution is -0.119. The summed E-state index contributed by atoms with van der Waals surface area (Å²) in [5.41, 5.74) is 3.76. The van der Waals surface area contributed by atoms with E-state index in [0.717, 1.165) is 50.2 Å². The van der Waals surface area contributed by atoms with E-state index in [1.165, 1.54) is 17.7 Å². The molecule has 1 atom stereocenters. The number of ether oxygens (including phenoxy) is 1. The van der Waals surface area contributed by atoms with Gasteiger partial charge < -0.3 is 15.0 Å². The van der Waals surface area contributed by atoms with Crippen LogP contribution in [-0.4, -0.2) is 30.1 Å². The lowest BCUT2D eigenvalue weighted by atomic mass is 9.88. The van der Waals surface area contributed by atoms with E-state index in [1.807, 2.05) is 13.1 Å². The highest BCUT2D eigenvalue weighted by molar-refractivity contribution is 5.73. The third kappa shape index (κ3) is 4.89. The lowest BCUT2D eigenvalue weighted by Gasteiger charge is -2.34. The van der Waals surface area contributed by atoms with Crippen LogP contribution < -0.4 is 15.0 Å². The molecule has 1 unspecified atom stereocenters. The van der Waals surface area contributed by atoms with Crippen LogP contribution in [0.4, 0.5) is 5.69 Å². The zero-order chi connectivity index (χ0) is 20.2. The fraction of sp³-hybridized carbons (Fsp3) is 0.500. The minimum Gasteiger partial charge on any atom is -0.474 e. The summed E-state index contributed by atoms with van der Waals surface area (Å²) in [5, 5.41) is 2.94. The van der Waals surface area contributed by atoms with Gasteiger partial charge in [0, 0.05) is 38.0 Å². The molecule has 154 valence electrons. The summed E-state index contributed by atoms with van der Waals surface area (Å²) in [7, 11) is 0. The van der Waals surface area contributed by atoms with Crippen molar-refractivity contribution in [3.8, 4) is 5.88 Å². The molecule has 2 aliphatic rings. The maximum atomic E-state index is 11.3. The number of benzene rings is 1. The second-order valence-corrected chi connectivity index (χ2v) is 8.37. The summed E-state index contributed by atoms with van der Waals surface area (Å²) >= 11 is 0. The lowest BCUT2D eigenvalue weighted by Crippen LogP contribution is -2.33. The van der Waals surface area contributed by atoms with Gasteiger partial charge in [0.15, 0.2) is 0 Å². The molecule has 1 amide bonds. The SMILES string of the molecule is CC(=O)NC(C)c1ccc(C2CCN(c3ccnc(OC4CCC4)c3)CC2)cc1. The number of hydrogen-bond acceptors (Lipinski definition) is 4. The minimum atomic E-state index is 0.00584. The first kappa shape index (κ1) is 19.7. The van der Waals surface area contributed by atoms with E-state index >= 15 is 0 Å². The Morgan fingerprint density at radius 1 is 1.14 bits per heavy atom. The van der Waals surface area contributed by atoms with Crippen molar-refractivity contribution in [1.29, 1.82) is 0 Å². The molecule has 1 saturated carbocycles. The topological polar surface area (TPSA) is 54.5 Å². The van der Waals surface area contributed by atoms with Gasteiger partial charge in [0.25, 0.3) is 0 Å². The van der Waals surface area contributed by atoms with Gasteiger partial charge in [0.05, 0.1) is 6.04 Å². The summed E-state index contributed by atoms with van der Waals surface area (Å²) < 4.78 is 5.96. The highest BCUT2D eigenvalue weighted by Crippen LogP contribution is 2.32. The van der Waals surface area contributed by atoms with Crippen LogP contribution in [0.5, 0.6) is 5.88 Å². The second-order valence-electron chi connectivity index (χ2n) is 8.37. The molecule has 0 spiro atoms. The third-order valence-electron chi connectivity index (χ3n) is 6.25. The maximum absolute atomic E-state index is 11.3. The van der Waals surface area contributed by atoms with E-state index in [1.54, 1.807) is 6.92 Å². The second kappa shape index (κ2) is 8.85. The van der Waals surface area contributed by atoms with Gasteiger partial charge in [-0.3, -0.25) is 4.79 Å². The van der Waals surface area contributed by atoms with Crippen LogP contribution in [0.3, 0.4) is 0 Å². The molecule has 1 N–H and O–H groups in total. The standard InChI is InChI=1S/C24H31N3O2/c1-17(26-18(2)28)19-6-8-20(9-7-19)21-11-14-27(15-12-21)22-10-13-25-24(16-22)29-23-4-3-5-23/h6-10,13,16-17,21,23H,3-5,11-12,14-15H2,1-2H3,(H,26,28). The molecule has 1 aromatic heterocycles. The normalized spacial score (nSPS) is 18.8. The predicted molar refractivity (Wildman–Crippen MR) is 115 cm³/mol. The van der Waals surface area contributed by atoms with E-state index in [4.69, 9.17) is 4.74 Å². The van der Waals surface area contributed by atoms with E-state index in [-0.39, 0.29) is 11.9 Å². The smallest absolute Gasteiger partial charge is 0.217 e. The number of carbonyl (C=O) groups excluding carboxylic acids is 1. The van der Waals surface area contributed by atoms with Crippen molar-refractivity contribution in [3.63, 3.8) is 0 Å². The number of nitrogens with one attached hydrogen (secondary N) is 1. The van der Waals surface area contributed by atoms with Gasteiger partial charge in [0.1, 0.15) is 6.10 Å². The number of hydrogen-bond donors (Lipinski definition) is 1. The van der Waals surface area contributed by atoms with Crippen LogP contribution in [0.1, 0.15) is 69.0 Å². The average molecular weight is 394 g/mol. The minimum absolute atomic E-state index is 0.00584. The van der Waals surface area contributed by atoms with Gasteiger partial charge in [-0.15, -0.1) is 0 Å². The quantitative estimate of drug-likeness (QED) is 0.780. The van der Waals surface area contributed by atoms with Crippen molar-refractivity contribution in [1.82, 2.24) is 10.3 Å². The Labute approximate surface area is 173 Å². The van der Waals surface area contributed by atoms with Crippen molar-refractivity contribution in [3.05, 3.63) is 53.7 Å². The highest BCUT2D eigenvalue weighted by Gasteiger charge is 2.23. The van der Waals surface area contributed by atoms with Crippen LogP contribution in [0.15, 0.2) is 42.6 Å². The first-order chi connectivity index (χ1) is 14.1. The largest absolute Gasteiger partial charge is 0.474 e. The molecule has 2 aromatic rings. The molecule has 1 aliphatic carbocycles. The Kier molecular flexibility index (Phi) is 6.02. The van der Waals surface area contributed by atoms with Gasteiger partial charge in [0.2, 0.25) is 11.8 Å². The Hall–Kier alpha value is -2.56. The zero-order valence-electron chi connectivity index (χ0n) is 17.4. The Balaban J connectivity index is 1.33. The molecular weight excluding hydrogens is 362 g/mol. The van der Waals surface area contributed by atoms with Gasteiger partial charge >= 0.3 is 0 Å². The van der Waals surface area contributed by atoms with Crippen molar-refractivity contribution in [2.45, 2.75) is 64.0 Å². The summed E-state index contributed by atoms with van der Waals surface area (Å²) in [6, 6.07) is 13.0. The molecule has 5 nitrogen and oxygen atoms in total. The molecular formula is C24H31N3O2. The molecule has 1 saturated heterocycles. The fourth-order valence-corrected chi connectivity index (χ4v) is 4.24. The van der Waals surface area contributed by atoms with Crippen molar-refractivity contribution < 1.29 is 9.53 Å². The third-order valence-corrected chi connectivity index (χ3v) is 6.25. The number of rotatable bonds is 6. The Morgan fingerprint density at radius 3 is 2.48 bits per heavy atom.